The Morgan fingerprint density at radius 1 is 0.396 bits per heavy atom. The minimum Gasteiger partial charge on any atom is -0.507 e. The molecule has 0 aliphatic heterocycles. The van der Waals surface area contributed by atoms with Crippen molar-refractivity contribution in [2.45, 2.75) is 59.3 Å². The van der Waals surface area contributed by atoms with Crippen LogP contribution in [0, 0.1) is 19.1 Å². The number of aryl methyl sites for hydroxylation is 3. The second kappa shape index (κ2) is 25.9. The maximum absolute atomic E-state index is 11.8. The number of benzene rings is 10. The molecule has 0 saturated heterocycles. The fourth-order valence-corrected chi connectivity index (χ4v) is 12.0. The Bertz CT molecular complexity index is 5000. The summed E-state index contributed by atoms with van der Waals surface area (Å²) < 4.78 is 4.12. The number of para-hydroxylation sites is 3. The van der Waals surface area contributed by atoms with Gasteiger partial charge in [-0.3, -0.25) is 9.97 Å². The van der Waals surface area contributed by atoms with Crippen LogP contribution in [0.2, 0.25) is 0 Å². The monoisotopic (exact) mass is 1550 g/mol. The Kier molecular flexibility index (Phi) is 18.0. The van der Waals surface area contributed by atoms with Gasteiger partial charge in [0.15, 0.2) is 0 Å². The molecule has 2 N–H and O–H groups in total. The van der Waals surface area contributed by atoms with Gasteiger partial charge in [0.25, 0.3) is 0 Å². The zero-order valence-corrected chi connectivity index (χ0v) is 56.8. The standard InChI is InChI=1S/C46H44N3O.C35H24N3O.2Pt/c1-29-28-47-40(27-37(29)31-18-13-10-14-19-31)34-23-32(30-16-11-9-12-17-30)22-33(24-34)36-20-15-21-41-42(36)48-44(49(41)8)38-25-35(45(2,3)4)26-39(43(38)50)46(5,6)7;1-38-32-14-7-13-29(34(32)37-35(38)30-12-4-5-15-33(30)39)27-10-6-11-28(21-27)31-22-26(18-19-36-31)25-17-16-23-8-2-3-9-24(23)20-25;;/h9-23,25-28,50H,1-8H3;2-20,22,39H,1H3;;/q2*-1;;. The molecule has 10 aromatic carbocycles. The van der Waals surface area contributed by atoms with E-state index >= 15 is 0 Å². The number of phenolic OH excluding ortho intramolecular Hbond substituents is 2. The first-order chi connectivity index (χ1) is 42.9. The van der Waals surface area contributed by atoms with E-state index in [9.17, 15) is 10.2 Å². The van der Waals surface area contributed by atoms with Gasteiger partial charge in [-0.15, -0.1) is 53.6 Å². The van der Waals surface area contributed by atoms with Crippen molar-refractivity contribution in [3.63, 3.8) is 0 Å². The summed E-state index contributed by atoms with van der Waals surface area (Å²) in [6.45, 7) is 15.2. The molecule has 91 heavy (non-hydrogen) atoms. The quantitative estimate of drug-likeness (QED) is 0.140. The number of aromatic hydroxyl groups is 2. The van der Waals surface area contributed by atoms with Crippen LogP contribution in [0.1, 0.15) is 58.2 Å². The fourth-order valence-electron chi connectivity index (χ4n) is 12.0. The molecule has 0 amide bonds. The van der Waals surface area contributed by atoms with Gasteiger partial charge < -0.3 is 19.3 Å². The molecule has 14 rings (SSSR count). The van der Waals surface area contributed by atoms with E-state index in [1.54, 1.807) is 6.07 Å². The minimum absolute atomic E-state index is 0. The first-order valence-electron chi connectivity index (χ1n) is 30.2. The summed E-state index contributed by atoms with van der Waals surface area (Å²) in [5.41, 5.74) is 22.2. The Morgan fingerprint density at radius 3 is 1.62 bits per heavy atom. The topological polar surface area (TPSA) is 102 Å². The zero-order valence-electron chi connectivity index (χ0n) is 52.2. The summed E-state index contributed by atoms with van der Waals surface area (Å²) in [4.78, 5) is 19.9. The number of nitrogens with zero attached hydrogens (tertiary/aromatic N) is 6. The Hall–Kier alpha value is -9.32. The van der Waals surface area contributed by atoms with Gasteiger partial charge in [-0.25, -0.2) is 9.97 Å². The Morgan fingerprint density at radius 2 is 0.945 bits per heavy atom. The van der Waals surface area contributed by atoms with Crippen molar-refractivity contribution in [1.29, 1.82) is 0 Å². The van der Waals surface area contributed by atoms with Crippen LogP contribution in [-0.4, -0.2) is 39.3 Å². The molecule has 0 saturated carbocycles. The van der Waals surface area contributed by atoms with Gasteiger partial charge in [-0.1, -0.05) is 221 Å². The molecular weight excluding hydrogens is 1480 g/mol. The predicted molar refractivity (Wildman–Crippen MR) is 367 cm³/mol. The molecule has 0 aliphatic rings. The van der Waals surface area contributed by atoms with Gasteiger partial charge >= 0.3 is 0 Å². The van der Waals surface area contributed by atoms with Crippen LogP contribution in [-0.2, 0) is 67.1 Å². The minimum atomic E-state index is -0.247. The van der Waals surface area contributed by atoms with Crippen LogP contribution >= 0.6 is 0 Å². The summed E-state index contributed by atoms with van der Waals surface area (Å²) in [5, 5.41) is 24.7. The number of hydrogen-bond acceptors (Lipinski definition) is 6. The summed E-state index contributed by atoms with van der Waals surface area (Å²) >= 11 is 0. The summed E-state index contributed by atoms with van der Waals surface area (Å²) in [6.07, 6.45) is 3.81. The largest absolute Gasteiger partial charge is 0.507 e. The van der Waals surface area contributed by atoms with E-state index in [0.29, 0.717) is 5.56 Å². The van der Waals surface area contributed by atoms with Crippen molar-refractivity contribution < 1.29 is 52.3 Å². The maximum Gasteiger partial charge on any atom is 0.143 e. The molecule has 0 atom stereocenters. The maximum atomic E-state index is 11.8. The van der Waals surface area contributed by atoms with Crippen LogP contribution in [0.3, 0.4) is 0 Å². The smallest absolute Gasteiger partial charge is 0.143 e. The van der Waals surface area contributed by atoms with Crippen molar-refractivity contribution in [3.8, 4) is 112 Å². The third kappa shape index (κ3) is 12.7. The van der Waals surface area contributed by atoms with E-state index in [1.165, 1.54) is 10.8 Å². The van der Waals surface area contributed by atoms with Gasteiger partial charge in [0, 0.05) is 85.6 Å². The van der Waals surface area contributed by atoms with Crippen molar-refractivity contribution >= 4 is 32.8 Å². The molecule has 0 fully saturated rings. The van der Waals surface area contributed by atoms with Crippen LogP contribution in [0.25, 0.3) is 134 Å². The van der Waals surface area contributed by atoms with E-state index in [2.05, 4.69) is 228 Å². The molecular formula is C81H68N6O2Pt2-2. The second-order valence-electron chi connectivity index (χ2n) is 25.1. The molecule has 4 aromatic heterocycles. The van der Waals surface area contributed by atoms with Crippen molar-refractivity contribution in [1.82, 2.24) is 29.1 Å². The molecule has 0 aliphatic carbocycles. The number of hydrogen-bond donors (Lipinski definition) is 2. The predicted octanol–water partition coefficient (Wildman–Crippen LogP) is 20.0. The number of pyridine rings is 2. The number of fused-ring (bicyclic) bond motifs is 3. The first-order valence-corrected chi connectivity index (χ1v) is 30.2. The average Bonchev–Trinajstić information content (AvgIpc) is 1.74. The Balaban J connectivity index is 0.000000188. The van der Waals surface area contributed by atoms with E-state index in [0.717, 1.165) is 134 Å². The van der Waals surface area contributed by atoms with E-state index in [-0.39, 0.29) is 64.5 Å². The van der Waals surface area contributed by atoms with Crippen LogP contribution in [0.5, 0.6) is 11.5 Å². The van der Waals surface area contributed by atoms with Crippen molar-refractivity contribution in [2.75, 3.05) is 0 Å². The molecule has 0 radical (unpaired) electrons. The number of phenols is 2. The summed E-state index contributed by atoms with van der Waals surface area (Å²) in [6, 6.07) is 84.1. The second-order valence-corrected chi connectivity index (χ2v) is 25.1. The molecule has 14 aromatic rings. The van der Waals surface area contributed by atoms with E-state index < -0.39 is 0 Å². The van der Waals surface area contributed by atoms with Gasteiger partial charge in [-0.05, 0) is 110 Å². The fraction of sp³-hybridized carbons (Fsp3) is 0.136. The number of imidazole rings is 2. The van der Waals surface area contributed by atoms with Crippen LogP contribution in [0.4, 0.5) is 0 Å². The molecule has 0 bridgehead atoms. The molecule has 0 unspecified atom stereocenters. The molecule has 4 heterocycles. The van der Waals surface area contributed by atoms with Gasteiger partial charge in [0.05, 0.1) is 33.2 Å². The Labute approximate surface area is 561 Å². The van der Waals surface area contributed by atoms with Crippen molar-refractivity contribution in [2.24, 2.45) is 14.1 Å². The van der Waals surface area contributed by atoms with E-state index in [4.69, 9.17) is 15.0 Å². The average molecular weight is 1550 g/mol. The van der Waals surface area contributed by atoms with Crippen LogP contribution < -0.4 is 0 Å². The zero-order chi connectivity index (χ0) is 61.7. The van der Waals surface area contributed by atoms with Gasteiger partial charge in [0.2, 0.25) is 0 Å². The third-order valence-electron chi connectivity index (χ3n) is 16.9. The van der Waals surface area contributed by atoms with Gasteiger partial charge in [-0.2, -0.15) is 0 Å². The third-order valence-corrected chi connectivity index (χ3v) is 16.9. The molecule has 0 spiro atoms. The molecule has 456 valence electrons. The molecule has 8 nitrogen and oxygen atoms in total. The summed E-state index contributed by atoms with van der Waals surface area (Å²) in [5.74, 6) is 1.94. The van der Waals surface area contributed by atoms with E-state index in [1.807, 2.05) is 91.7 Å². The first kappa shape index (κ1) is 63.3. The van der Waals surface area contributed by atoms with Gasteiger partial charge in [0.1, 0.15) is 23.1 Å². The SMILES string of the molecule is Cc1cnc(-c2[c-]c(-c3cccc4c3nc(-c3cc(C(C)(C)C)cc(C(C)(C)C)c3O)n4C)cc(-c3ccccc3)c2)cc1-c1ccccc1.Cn1c(-c2ccccc2O)nc2c(-c3[c-]c(-c4cc(-c5ccc6ccccc6c5)ccn4)ccc3)cccc21.[Pt].[Pt]. The van der Waals surface area contributed by atoms with Crippen LogP contribution in [0.15, 0.2) is 237 Å². The number of aromatic nitrogens is 6. The van der Waals surface area contributed by atoms with Crippen molar-refractivity contribution in [3.05, 3.63) is 266 Å². The normalized spacial score (nSPS) is 11.5. The number of rotatable bonds is 9. The molecule has 10 heteroatoms. The summed E-state index contributed by atoms with van der Waals surface area (Å²) in [7, 11) is 4.01.